The first-order valence-electron chi connectivity index (χ1n) is 10.5. The number of carbonyl (C=O) groups is 2. The van der Waals surface area contributed by atoms with Crippen LogP contribution in [0.3, 0.4) is 0 Å². The van der Waals surface area contributed by atoms with Crippen LogP contribution in [0.5, 0.6) is 0 Å². The molecule has 6 heteroatoms. The number of carbonyl (C=O) groups excluding carboxylic acids is 2. The Morgan fingerprint density at radius 1 is 1.12 bits per heavy atom. The number of amides is 2. The van der Waals surface area contributed by atoms with Crippen LogP contribution in [-0.2, 0) is 9.59 Å². The maximum atomic E-state index is 12.8. The van der Waals surface area contributed by atoms with Crippen molar-refractivity contribution in [2.45, 2.75) is 63.8 Å². The van der Waals surface area contributed by atoms with Crippen LogP contribution in [0.4, 0.5) is 0 Å². The third-order valence-corrected chi connectivity index (χ3v) is 7.36. The number of rotatable bonds is 6. The van der Waals surface area contributed by atoms with Crippen molar-refractivity contribution in [2.24, 2.45) is 5.92 Å². The number of nitrogens with zero attached hydrogens (tertiary/aromatic N) is 2. The van der Waals surface area contributed by atoms with Gasteiger partial charge in [-0.25, -0.2) is 0 Å². The van der Waals surface area contributed by atoms with Crippen LogP contribution in [0.2, 0.25) is 0 Å². The van der Waals surface area contributed by atoms with E-state index in [9.17, 15) is 9.59 Å². The molecule has 2 amide bonds. The molecule has 0 bridgehead atoms. The van der Waals surface area contributed by atoms with Crippen molar-refractivity contribution in [2.75, 3.05) is 44.2 Å². The van der Waals surface area contributed by atoms with Crippen molar-refractivity contribution in [1.82, 2.24) is 15.1 Å². The zero-order valence-electron chi connectivity index (χ0n) is 16.3. The fourth-order valence-corrected chi connectivity index (χ4v) is 5.76. The molecule has 1 atom stereocenters. The molecule has 1 unspecified atom stereocenters. The van der Waals surface area contributed by atoms with Gasteiger partial charge in [0.1, 0.15) is 0 Å². The van der Waals surface area contributed by atoms with Gasteiger partial charge < -0.3 is 10.2 Å². The summed E-state index contributed by atoms with van der Waals surface area (Å²) in [6, 6.07) is 0. The molecule has 1 saturated carbocycles. The lowest BCUT2D eigenvalue weighted by Gasteiger charge is -2.44. The van der Waals surface area contributed by atoms with Crippen molar-refractivity contribution in [1.29, 1.82) is 0 Å². The Bertz CT molecular complexity index is 487. The lowest BCUT2D eigenvalue weighted by molar-refractivity contribution is -0.136. The van der Waals surface area contributed by atoms with Gasteiger partial charge in [0.15, 0.2) is 0 Å². The molecule has 0 radical (unpaired) electrons. The van der Waals surface area contributed by atoms with Gasteiger partial charge in [-0.3, -0.25) is 14.5 Å². The Labute approximate surface area is 162 Å². The zero-order valence-corrected chi connectivity index (χ0v) is 17.1. The first kappa shape index (κ1) is 20.0. The molecule has 3 aliphatic rings. The van der Waals surface area contributed by atoms with Gasteiger partial charge in [0.25, 0.3) is 0 Å². The smallest absolute Gasteiger partial charge is 0.224 e. The molecule has 1 N–H and O–H groups in total. The summed E-state index contributed by atoms with van der Waals surface area (Å²) in [5.41, 5.74) is 0.184. The minimum atomic E-state index is -0.0279. The van der Waals surface area contributed by atoms with Crippen LogP contribution in [0.25, 0.3) is 0 Å². The maximum absolute atomic E-state index is 12.8. The van der Waals surface area contributed by atoms with Crippen LogP contribution in [0.15, 0.2) is 0 Å². The molecule has 0 aromatic carbocycles. The van der Waals surface area contributed by atoms with E-state index in [2.05, 4.69) is 10.2 Å². The summed E-state index contributed by atoms with van der Waals surface area (Å²) in [7, 11) is 0. The summed E-state index contributed by atoms with van der Waals surface area (Å²) in [5, 5.41) is 3.30. The minimum Gasteiger partial charge on any atom is -0.354 e. The summed E-state index contributed by atoms with van der Waals surface area (Å²) >= 11 is 2.04. The highest BCUT2D eigenvalue weighted by Crippen LogP contribution is 2.36. The molecule has 2 heterocycles. The largest absolute Gasteiger partial charge is 0.354 e. The average Bonchev–Trinajstić information content (AvgIpc) is 3.17. The second kappa shape index (κ2) is 9.45. The van der Waals surface area contributed by atoms with Gasteiger partial charge in [-0.2, -0.15) is 11.8 Å². The molecule has 5 nitrogen and oxygen atoms in total. The molecule has 1 aliphatic carbocycles. The lowest BCUT2D eigenvalue weighted by Crippen LogP contribution is -2.57. The van der Waals surface area contributed by atoms with Crippen molar-refractivity contribution in [3.8, 4) is 0 Å². The molecule has 2 saturated heterocycles. The highest BCUT2D eigenvalue weighted by atomic mass is 32.2. The number of hydrogen-bond donors (Lipinski definition) is 1. The summed E-state index contributed by atoms with van der Waals surface area (Å²) in [6.45, 7) is 6.56. The highest BCUT2D eigenvalue weighted by Gasteiger charge is 2.40. The first-order chi connectivity index (χ1) is 12.6. The molecule has 0 aromatic rings. The van der Waals surface area contributed by atoms with Crippen LogP contribution >= 0.6 is 11.8 Å². The van der Waals surface area contributed by atoms with Gasteiger partial charge in [-0.15, -0.1) is 0 Å². The number of likely N-dealkylation sites (tertiary alicyclic amines) is 1. The van der Waals surface area contributed by atoms with E-state index in [-0.39, 0.29) is 23.3 Å². The number of thioether (sulfide) groups is 1. The molecule has 3 rings (SSSR count). The summed E-state index contributed by atoms with van der Waals surface area (Å²) < 4.78 is 0. The molecular weight excluding hydrogens is 346 g/mol. The van der Waals surface area contributed by atoms with Crippen LogP contribution in [0.1, 0.15) is 58.3 Å². The van der Waals surface area contributed by atoms with Crippen molar-refractivity contribution in [3.63, 3.8) is 0 Å². The van der Waals surface area contributed by atoms with E-state index in [1.165, 1.54) is 37.2 Å². The molecule has 3 fully saturated rings. The fourth-order valence-electron chi connectivity index (χ4n) is 4.86. The van der Waals surface area contributed by atoms with Crippen molar-refractivity contribution in [3.05, 3.63) is 0 Å². The van der Waals surface area contributed by atoms with Gasteiger partial charge in [0.2, 0.25) is 11.8 Å². The second-order valence-electron chi connectivity index (χ2n) is 8.18. The number of nitrogens with one attached hydrogen (secondary N) is 1. The topological polar surface area (TPSA) is 52.7 Å². The summed E-state index contributed by atoms with van der Waals surface area (Å²) in [5.74, 6) is 2.78. The van der Waals surface area contributed by atoms with Crippen LogP contribution < -0.4 is 5.32 Å². The van der Waals surface area contributed by atoms with Crippen molar-refractivity contribution >= 4 is 23.6 Å². The predicted molar refractivity (Wildman–Crippen MR) is 107 cm³/mol. The van der Waals surface area contributed by atoms with E-state index < -0.39 is 0 Å². The summed E-state index contributed by atoms with van der Waals surface area (Å²) in [6.07, 6.45) is 8.32. The summed E-state index contributed by atoms with van der Waals surface area (Å²) in [4.78, 5) is 29.6. The number of piperidine rings is 1. The van der Waals surface area contributed by atoms with Gasteiger partial charge in [0, 0.05) is 56.2 Å². The number of hydrogen-bond acceptors (Lipinski definition) is 4. The van der Waals surface area contributed by atoms with Crippen molar-refractivity contribution < 1.29 is 9.59 Å². The van der Waals surface area contributed by atoms with Gasteiger partial charge in [0.05, 0.1) is 5.92 Å². The standard InChI is InChI=1S/C20H35N3O2S/c1-2-6-18(24)22-10-5-7-17(15-22)19(25)21-16-20(8-3-4-9-20)23-11-13-26-14-12-23/h17H,2-16H2,1H3,(H,21,25). The Kier molecular flexibility index (Phi) is 7.27. The van der Waals surface area contributed by atoms with E-state index in [0.29, 0.717) is 13.0 Å². The van der Waals surface area contributed by atoms with E-state index in [4.69, 9.17) is 0 Å². The SMILES string of the molecule is CCCC(=O)N1CCCC(C(=O)NCC2(N3CCSCC3)CCCC2)C1. The Morgan fingerprint density at radius 3 is 2.54 bits per heavy atom. The molecule has 26 heavy (non-hydrogen) atoms. The first-order valence-corrected chi connectivity index (χ1v) is 11.7. The normalized spacial score (nSPS) is 26.7. The van der Waals surface area contributed by atoms with E-state index >= 15 is 0 Å². The Hall–Kier alpha value is -0.750. The molecule has 148 valence electrons. The minimum absolute atomic E-state index is 0.0279. The lowest BCUT2D eigenvalue weighted by atomic mass is 9.93. The highest BCUT2D eigenvalue weighted by molar-refractivity contribution is 7.99. The molecule has 2 aliphatic heterocycles. The molecular formula is C20H35N3O2S. The second-order valence-corrected chi connectivity index (χ2v) is 9.40. The monoisotopic (exact) mass is 381 g/mol. The Morgan fingerprint density at radius 2 is 1.85 bits per heavy atom. The third-order valence-electron chi connectivity index (χ3n) is 6.42. The van der Waals surface area contributed by atoms with E-state index in [1.54, 1.807) is 0 Å². The molecule has 0 aromatic heterocycles. The van der Waals surface area contributed by atoms with Crippen LogP contribution in [-0.4, -0.2) is 71.4 Å². The fraction of sp³-hybridized carbons (Fsp3) is 0.900. The van der Waals surface area contributed by atoms with Crippen LogP contribution in [0, 0.1) is 5.92 Å². The predicted octanol–water partition coefficient (Wildman–Crippen LogP) is 2.50. The van der Waals surface area contributed by atoms with E-state index in [1.807, 2.05) is 23.6 Å². The zero-order chi connectivity index (χ0) is 18.4. The third kappa shape index (κ3) is 4.75. The van der Waals surface area contributed by atoms with Gasteiger partial charge >= 0.3 is 0 Å². The maximum Gasteiger partial charge on any atom is 0.224 e. The quantitative estimate of drug-likeness (QED) is 0.768. The Balaban J connectivity index is 1.54. The van der Waals surface area contributed by atoms with Gasteiger partial charge in [-0.05, 0) is 32.1 Å². The van der Waals surface area contributed by atoms with Gasteiger partial charge in [-0.1, -0.05) is 19.8 Å². The average molecular weight is 382 g/mol. The molecule has 0 spiro atoms. The van der Waals surface area contributed by atoms with E-state index in [0.717, 1.165) is 45.4 Å².